The molecule has 3 nitrogen and oxygen atoms in total. The Morgan fingerprint density at radius 2 is 2.47 bits per heavy atom. The quantitative estimate of drug-likeness (QED) is 0.859. The predicted molar refractivity (Wildman–Crippen MR) is 62.9 cm³/mol. The average Bonchev–Trinajstić information content (AvgIpc) is 2.73. The van der Waals surface area contributed by atoms with Gasteiger partial charge in [-0.15, -0.1) is 11.3 Å². The molecule has 2 aromatic rings. The summed E-state index contributed by atoms with van der Waals surface area (Å²) in [5.74, 6) is 0. The highest BCUT2D eigenvalue weighted by Crippen LogP contribution is 2.22. The number of nitrogens with zero attached hydrogens (tertiary/aromatic N) is 2. The summed E-state index contributed by atoms with van der Waals surface area (Å²) in [6, 6.07) is 8.07. The topological polar surface area (TPSA) is 48.7 Å². The number of hydrogen-bond acceptors (Lipinski definition) is 4. The van der Waals surface area contributed by atoms with Gasteiger partial charge in [0.15, 0.2) is 0 Å². The Balaban J connectivity index is 2.25. The molecule has 0 aliphatic heterocycles. The zero-order chi connectivity index (χ0) is 10.7. The standard InChI is InChI=1S/C11H11N3S/c1-2-8(6-12)14-9-3-4-10-11(5-9)15-7-13-10/h3-5,7-8,14H,2H2,1H3. The molecule has 15 heavy (non-hydrogen) atoms. The van der Waals surface area contributed by atoms with E-state index in [1.165, 1.54) is 0 Å². The summed E-state index contributed by atoms with van der Waals surface area (Å²) in [7, 11) is 0. The fraction of sp³-hybridized carbons (Fsp3) is 0.273. The first-order valence-corrected chi connectivity index (χ1v) is 5.71. The molecule has 1 N–H and O–H groups in total. The molecular weight excluding hydrogens is 206 g/mol. The van der Waals surface area contributed by atoms with Gasteiger partial charge in [-0.3, -0.25) is 0 Å². The number of fused-ring (bicyclic) bond motifs is 1. The molecule has 0 saturated carbocycles. The second-order valence-corrected chi connectivity index (χ2v) is 4.16. The summed E-state index contributed by atoms with van der Waals surface area (Å²) >= 11 is 1.61. The van der Waals surface area contributed by atoms with Gasteiger partial charge in [-0.25, -0.2) is 4.98 Å². The molecular formula is C11H11N3S. The van der Waals surface area contributed by atoms with Gasteiger partial charge in [-0.05, 0) is 24.6 Å². The van der Waals surface area contributed by atoms with E-state index in [0.29, 0.717) is 0 Å². The highest BCUT2D eigenvalue weighted by atomic mass is 32.1. The van der Waals surface area contributed by atoms with Crippen LogP contribution in [-0.4, -0.2) is 11.0 Å². The van der Waals surface area contributed by atoms with Crippen LogP contribution >= 0.6 is 11.3 Å². The molecule has 1 heterocycles. The zero-order valence-corrected chi connectivity index (χ0v) is 9.21. The third kappa shape index (κ3) is 2.08. The molecule has 1 atom stereocenters. The average molecular weight is 217 g/mol. The van der Waals surface area contributed by atoms with Gasteiger partial charge in [0.25, 0.3) is 0 Å². The summed E-state index contributed by atoms with van der Waals surface area (Å²) < 4.78 is 1.15. The van der Waals surface area contributed by atoms with Crippen LogP contribution in [0.5, 0.6) is 0 Å². The first-order valence-electron chi connectivity index (χ1n) is 4.83. The third-order valence-corrected chi connectivity index (χ3v) is 3.03. The van der Waals surface area contributed by atoms with Gasteiger partial charge in [0.1, 0.15) is 6.04 Å². The highest BCUT2D eigenvalue weighted by Gasteiger charge is 2.04. The van der Waals surface area contributed by atoms with Crippen LogP contribution in [0.4, 0.5) is 5.69 Å². The smallest absolute Gasteiger partial charge is 0.114 e. The lowest BCUT2D eigenvalue weighted by Crippen LogP contribution is -2.15. The van der Waals surface area contributed by atoms with E-state index in [0.717, 1.165) is 22.3 Å². The summed E-state index contributed by atoms with van der Waals surface area (Å²) in [5, 5.41) is 12.0. The summed E-state index contributed by atoms with van der Waals surface area (Å²) in [6.07, 6.45) is 0.803. The Morgan fingerprint density at radius 3 is 3.20 bits per heavy atom. The van der Waals surface area contributed by atoms with Gasteiger partial charge in [0.05, 0.1) is 21.8 Å². The van der Waals surface area contributed by atoms with Crippen molar-refractivity contribution in [2.45, 2.75) is 19.4 Å². The number of aromatic nitrogens is 1. The molecule has 1 aromatic carbocycles. The molecule has 0 amide bonds. The van der Waals surface area contributed by atoms with Crippen LogP contribution in [0, 0.1) is 11.3 Å². The van der Waals surface area contributed by atoms with E-state index >= 15 is 0 Å². The zero-order valence-electron chi connectivity index (χ0n) is 8.40. The number of nitriles is 1. The van der Waals surface area contributed by atoms with Crippen molar-refractivity contribution in [1.82, 2.24) is 4.98 Å². The molecule has 0 aliphatic rings. The summed E-state index contributed by atoms with van der Waals surface area (Å²) in [5.41, 5.74) is 3.83. The summed E-state index contributed by atoms with van der Waals surface area (Å²) in [6.45, 7) is 1.99. The van der Waals surface area contributed by atoms with Gasteiger partial charge in [-0.1, -0.05) is 6.92 Å². The van der Waals surface area contributed by atoms with E-state index in [-0.39, 0.29) is 6.04 Å². The Hall–Kier alpha value is -1.60. The lowest BCUT2D eigenvalue weighted by atomic mass is 10.2. The van der Waals surface area contributed by atoms with E-state index in [1.807, 2.05) is 30.6 Å². The van der Waals surface area contributed by atoms with Crippen LogP contribution in [0.15, 0.2) is 23.7 Å². The molecule has 1 aromatic heterocycles. The van der Waals surface area contributed by atoms with Gasteiger partial charge in [0.2, 0.25) is 0 Å². The van der Waals surface area contributed by atoms with E-state index in [4.69, 9.17) is 5.26 Å². The lowest BCUT2D eigenvalue weighted by Gasteiger charge is -2.09. The first-order chi connectivity index (χ1) is 7.33. The molecule has 2 rings (SSSR count). The van der Waals surface area contributed by atoms with Crippen molar-refractivity contribution >= 4 is 27.2 Å². The molecule has 0 fully saturated rings. The minimum absolute atomic E-state index is 0.115. The second-order valence-electron chi connectivity index (χ2n) is 3.27. The number of benzene rings is 1. The fourth-order valence-electron chi connectivity index (χ4n) is 1.37. The van der Waals surface area contributed by atoms with Crippen molar-refractivity contribution in [2.24, 2.45) is 0 Å². The van der Waals surface area contributed by atoms with Crippen LogP contribution in [0.25, 0.3) is 10.2 Å². The van der Waals surface area contributed by atoms with E-state index in [1.54, 1.807) is 11.3 Å². The van der Waals surface area contributed by atoms with Crippen molar-refractivity contribution in [1.29, 1.82) is 5.26 Å². The summed E-state index contributed by atoms with van der Waals surface area (Å²) in [4.78, 5) is 4.21. The molecule has 0 bridgehead atoms. The number of hydrogen-bond donors (Lipinski definition) is 1. The highest BCUT2D eigenvalue weighted by molar-refractivity contribution is 7.16. The molecule has 0 aliphatic carbocycles. The third-order valence-electron chi connectivity index (χ3n) is 2.24. The van der Waals surface area contributed by atoms with Crippen LogP contribution in [0.2, 0.25) is 0 Å². The van der Waals surface area contributed by atoms with Gasteiger partial charge in [-0.2, -0.15) is 5.26 Å². The van der Waals surface area contributed by atoms with Gasteiger partial charge < -0.3 is 5.32 Å². The van der Waals surface area contributed by atoms with Crippen LogP contribution < -0.4 is 5.32 Å². The van der Waals surface area contributed by atoms with E-state index in [2.05, 4.69) is 16.4 Å². The monoisotopic (exact) mass is 217 g/mol. The molecule has 4 heteroatoms. The van der Waals surface area contributed by atoms with Crippen molar-refractivity contribution in [3.05, 3.63) is 23.7 Å². The van der Waals surface area contributed by atoms with Crippen LogP contribution in [-0.2, 0) is 0 Å². The predicted octanol–water partition coefficient (Wildman–Crippen LogP) is 3.01. The largest absolute Gasteiger partial charge is 0.370 e. The fourth-order valence-corrected chi connectivity index (χ4v) is 2.09. The van der Waals surface area contributed by atoms with Crippen LogP contribution in [0.1, 0.15) is 13.3 Å². The van der Waals surface area contributed by atoms with Crippen molar-refractivity contribution in [3.63, 3.8) is 0 Å². The van der Waals surface area contributed by atoms with E-state index < -0.39 is 0 Å². The van der Waals surface area contributed by atoms with Crippen molar-refractivity contribution in [3.8, 4) is 6.07 Å². The molecule has 0 radical (unpaired) electrons. The molecule has 1 unspecified atom stereocenters. The number of nitrogens with one attached hydrogen (secondary N) is 1. The Bertz CT molecular complexity index is 498. The van der Waals surface area contributed by atoms with Crippen LogP contribution in [0.3, 0.4) is 0 Å². The van der Waals surface area contributed by atoms with Crippen molar-refractivity contribution < 1.29 is 0 Å². The number of anilines is 1. The minimum Gasteiger partial charge on any atom is -0.370 e. The van der Waals surface area contributed by atoms with E-state index in [9.17, 15) is 0 Å². The SMILES string of the molecule is CCC(C#N)Nc1ccc2ncsc2c1. The maximum Gasteiger partial charge on any atom is 0.114 e. The number of thiazole rings is 1. The van der Waals surface area contributed by atoms with Gasteiger partial charge >= 0.3 is 0 Å². The maximum absolute atomic E-state index is 8.84. The Labute approximate surface area is 92.4 Å². The Kier molecular flexibility index (Phi) is 2.84. The Morgan fingerprint density at radius 1 is 1.60 bits per heavy atom. The second kappa shape index (κ2) is 4.28. The van der Waals surface area contributed by atoms with Gasteiger partial charge in [0, 0.05) is 5.69 Å². The first kappa shape index (κ1) is 9.94. The minimum atomic E-state index is -0.115. The maximum atomic E-state index is 8.84. The molecule has 0 saturated heterocycles. The molecule has 0 spiro atoms. The normalized spacial score (nSPS) is 12.3. The van der Waals surface area contributed by atoms with Crippen molar-refractivity contribution in [2.75, 3.05) is 5.32 Å². The lowest BCUT2D eigenvalue weighted by molar-refractivity contribution is 0.846. The number of rotatable bonds is 3. The molecule has 76 valence electrons.